The molecule has 0 fully saturated rings. The third-order valence-electron chi connectivity index (χ3n) is 5.88. The zero-order valence-electron chi connectivity index (χ0n) is 22.1. The summed E-state index contributed by atoms with van der Waals surface area (Å²) < 4.78 is 105. The Kier molecular flexibility index (Phi) is 8.64. The Morgan fingerprint density at radius 3 is 1.69 bits per heavy atom. The van der Waals surface area contributed by atoms with Gasteiger partial charge in [-0.3, -0.25) is 0 Å². The Hall–Kier alpha value is -4.36. The van der Waals surface area contributed by atoms with E-state index in [2.05, 4.69) is 5.32 Å². The maximum atomic E-state index is 13.7. The van der Waals surface area contributed by atoms with E-state index in [1.807, 2.05) is 0 Å². The molecular weight excluding hydrogens is 581 g/mol. The van der Waals surface area contributed by atoms with Crippen molar-refractivity contribution in [2.75, 3.05) is 24.1 Å². The summed E-state index contributed by atoms with van der Waals surface area (Å²) in [6, 6.07) is 17.2. The molecule has 0 saturated heterocycles. The highest BCUT2D eigenvalue weighted by Gasteiger charge is 2.31. The number of hydrogen-bond acceptors (Lipinski definition) is 7. The third-order valence-corrected chi connectivity index (χ3v) is 7.67. The molecular formula is C29H26F5N3O4S. The summed E-state index contributed by atoms with van der Waals surface area (Å²) in [6.45, 7) is 1.19. The summed E-state index contributed by atoms with van der Waals surface area (Å²) in [5.41, 5.74) is 10.1. The molecule has 0 spiro atoms. The van der Waals surface area contributed by atoms with Gasteiger partial charge in [-0.05, 0) is 72.8 Å². The highest BCUT2D eigenvalue weighted by Crippen LogP contribution is 2.37. The van der Waals surface area contributed by atoms with Gasteiger partial charge >= 0.3 is 6.18 Å². The molecule has 13 heteroatoms. The summed E-state index contributed by atoms with van der Waals surface area (Å²) in [6.07, 6.45) is -4.61. The quantitative estimate of drug-likeness (QED) is 0.129. The average molecular weight is 608 g/mol. The number of nitrogen functional groups attached to an aromatic ring is 1. The molecule has 0 aliphatic heterocycles. The summed E-state index contributed by atoms with van der Waals surface area (Å²) in [7, 11) is -3.99. The number of halogens is 5. The normalized spacial score (nSPS) is 12.2. The Morgan fingerprint density at radius 2 is 1.21 bits per heavy atom. The first-order chi connectivity index (χ1) is 19.6. The predicted molar refractivity (Wildman–Crippen MR) is 148 cm³/mol. The Labute approximate surface area is 238 Å². The molecule has 5 N–H and O–H groups in total. The van der Waals surface area contributed by atoms with E-state index in [1.165, 1.54) is 60.7 Å². The van der Waals surface area contributed by atoms with Crippen LogP contribution in [0.2, 0.25) is 0 Å². The lowest BCUT2D eigenvalue weighted by Gasteiger charge is -2.14. The summed E-state index contributed by atoms with van der Waals surface area (Å²) in [4.78, 5) is -0.172. The molecule has 4 aromatic rings. The van der Waals surface area contributed by atoms with Gasteiger partial charge in [0.15, 0.2) is 0 Å². The van der Waals surface area contributed by atoms with Gasteiger partial charge in [0.05, 0.1) is 15.4 Å². The minimum Gasteiger partial charge on any atom is -0.457 e. The molecule has 0 aliphatic carbocycles. The second kappa shape index (κ2) is 11.9. The smallest absolute Gasteiger partial charge is 0.416 e. The van der Waals surface area contributed by atoms with Gasteiger partial charge in [-0.15, -0.1) is 0 Å². The average Bonchev–Trinajstić information content (AvgIpc) is 2.91. The van der Waals surface area contributed by atoms with E-state index in [9.17, 15) is 30.4 Å². The van der Waals surface area contributed by atoms with Crippen LogP contribution >= 0.6 is 0 Å². The highest BCUT2D eigenvalue weighted by atomic mass is 32.2. The maximum Gasteiger partial charge on any atom is 0.416 e. The summed E-state index contributed by atoms with van der Waals surface area (Å²) in [5.74, 6) is -2.88. The molecule has 0 saturated carbocycles. The van der Waals surface area contributed by atoms with Crippen LogP contribution in [0.15, 0.2) is 94.7 Å². The van der Waals surface area contributed by atoms with Crippen molar-refractivity contribution in [2.45, 2.75) is 28.8 Å². The zero-order chi connectivity index (χ0) is 30.7. The van der Waals surface area contributed by atoms with Gasteiger partial charge in [0.1, 0.15) is 23.0 Å². The van der Waals surface area contributed by atoms with Crippen molar-refractivity contribution in [2.24, 2.45) is 5.73 Å². The number of hydrogen-bond donors (Lipinski definition) is 3. The van der Waals surface area contributed by atoms with Crippen molar-refractivity contribution in [3.05, 3.63) is 96.1 Å². The van der Waals surface area contributed by atoms with Crippen LogP contribution in [-0.4, -0.2) is 21.5 Å². The van der Waals surface area contributed by atoms with Crippen molar-refractivity contribution >= 4 is 21.2 Å². The van der Waals surface area contributed by atoms with Crippen LogP contribution in [0, 0.1) is 0 Å². The van der Waals surface area contributed by atoms with Gasteiger partial charge in [-0.25, -0.2) is 17.2 Å². The molecule has 222 valence electrons. The minimum atomic E-state index is -4.61. The van der Waals surface area contributed by atoms with Crippen LogP contribution in [-0.2, 0) is 21.9 Å². The van der Waals surface area contributed by atoms with Crippen LogP contribution in [0.5, 0.6) is 23.0 Å². The molecule has 4 rings (SSSR count). The second-order valence-corrected chi connectivity index (χ2v) is 11.2. The Morgan fingerprint density at radius 1 is 0.714 bits per heavy atom. The van der Waals surface area contributed by atoms with E-state index in [0.717, 1.165) is 31.2 Å². The number of anilines is 2. The second-order valence-electron chi connectivity index (χ2n) is 9.29. The molecule has 4 aromatic carbocycles. The number of nitrogens with two attached hydrogens (primary N) is 2. The fraction of sp³-hybridized carbons (Fsp3) is 0.172. The zero-order valence-corrected chi connectivity index (χ0v) is 22.9. The van der Waals surface area contributed by atoms with Crippen molar-refractivity contribution in [1.29, 1.82) is 0 Å². The van der Waals surface area contributed by atoms with Crippen LogP contribution in [0.4, 0.5) is 33.3 Å². The van der Waals surface area contributed by atoms with Crippen molar-refractivity contribution in [3.8, 4) is 23.0 Å². The van der Waals surface area contributed by atoms with Crippen LogP contribution in [0.25, 0.3) is 0 Å². The van der Waals surface area contributed by atoms with Gasteiger partial charge in [-0.1, -0.05) is 0 Å². The van der Waals surface area contributed by atoms with Gasteiger partial charge in [0.25, 0.3) is 5.92 Å². The predicted octanol–water partition coefficient (Wildman–Crippen LogP) is 7.19. The van der Waals surface area contributed by atoms with Gasteiger partial charge < -0.3 is 26.3 Å². The first-order valence-electron chi connectivity index (χ1n) is 12.4. The lowest BCUT2D eigenvalue weighted by Crippen LogP contribution is -2.14. The van der Waals surface area contributed by atoms with Crippen molar-refractivity contribution in [3.63, 3.8) is 0 Å². The minimum absolute atomic E-state index is 0.0563. The van der Waals surface area contributed by atoms with Gasteiger partial charge in [0, 0.05) is 49.1 Å². The number of benzene rings is 4. The summed E-state index contributed by atoms with van der Waals surface area (Å²) in [5, 5.41) is 2.78. The molecule has 0 radical (unpaired) electrons. The topological polar surface area (TPSA) is 117 Å². The maximum absolute atomic E-state index is 13.7. The standard InChI is InChI=1S/C29H26F5N3O4S/c1-28(30,31)18-12-20(36)16-24(14-18)40-22-2-6-26(7-3-22)42(38,39)27-8-4-23(5-9-27)41-25-15-19(29(32,33)34)13-21(17-25)37-11-10-35/h2-9,12-17,37H,10-11,35-36H2,1H3. The summed E-state index contributed by atoms with van der Waals surface area (Å²) >= 11 is 0. The van der Waals surface area contributed by atoms with E-state index in [1.54, 1.807) is 0 Å². The molecule has 7 nitrogen and oxygen atoms in total. The van der Waals surface area contributed by atoms with E-state index in [-0.39, 0.29) is 62.8 Å². The van der Waals surface area contributed by atoms with Crippen molar-refractivity contribution in [1.82, 2.24) is 0 Å². The van der Waals surface area contributed by atoms with Gasteiger partial charge in [-0.2, -0.15) is 13.2 Å². The first kappa shape index (κ1) is 30.6. The van der Waals surface area contributed by atoms with Crippen LogP contribution < -0.4 is 26.3 Å². The largest absolute Gasteiger partial charge is 0.457 e. The Balaban J connectivity index is 1.50. The van der Waals surface area contributed by atoms with Crippen molar-refractivity contribution < 1.29 is 39.8 Å². The lowest BCUT2D eigenvalue weighted by molar-refractivity contribution is -0.137. The lowest BCUT2D eigenvalue weighted by atomic mass is 10.1. The van der Waals surface area contributed by atoms with E-state index < -0.39 is 27.5 Å². The fourth-order valence-corrected chi connectivity index (χ4v) is 5.12. The number of rotatable bonds is 10. The SMILES string of the molecule is CC(F)(F)c1cc(N)cc(Oc2ccc(S(=O)(=O)c3ccc(Oc4cc(NCCN)cc(C(F)(F)F)c4)cc3)cc2)c1. The monoisotopic (exact) mass is 607 g/mol. The molecule has 0 aliphatic rings. The number of nitrogens with one attached hydrogen (secondary N) is 1. The Bertz CT molecular complexity index is 1660. The molecule has 0 atom stereocenters. The van der Waals surface area contributed by atoms with E-state index in [4.69, 9.17) is 20.9 Å². The van der Waals surface area contributed by atoms with E-state index >= 15 is 0 Å². The fourth-order valence-electron chi connectivity index (χ4n) is 3.86. The molecule has 42 heavy (non-hydrogen) atoms. The first-order valence-corrected chi connectivity index (χ1v) is 13.9. The van der Waals surface area contributed by atoms with E-state index in [0.29, 0.717) is 0 Å². The number of ether oxygens (including phenoxy) is 2. The third kappa shape index (κ3) is 7.47. The van der Waals surface area contributed by atoms with Gasteiger partial charge in [0.2, 0.25) is 9.84 Å². The molecule has 0 bridgehead atoms. The molecule has 0 aromatic heterocycles. The molecule has 0 amide bonds. The highest BCUT2D eigenvalue weighted by molar-refractivity contribution is 7.91. The number of alkyl halides is 5. The molecule has 0 heterocycles. The number of sulfone groups is 1. The van der Waals surface area contributed by atoms with Crippen LogP contribution in [0.1, 0.15) is 18.1 Å². The van der Waals surface area contributed by atoms with Crippen LogP contribution in [0.3, 0.4) is 0 Å². The molecule has 0 unspecified atom stereocenters.